The lowest BCUT2D eigenvalue weighted by Crippen LogP contribution is -2.21. The molecule has 1 aromatic carbocycles. The molecule has 0 atom stereocenters. The molecule has 2 aromatic rings. The molecule has 106 valence electrons. The van der Waals surface area contributed by atoms with E-state index in [0.717, 1.165) is 5.69 Å². The number of aromatic nitrogens is 2. The van der Waals surface area contributed by atoms with Gasteiger partial charge < -0.3 is 15.2 Å². The molecule has 6 heteroatoms. The number of para-hydroxylation sites is 1. The number of aliphatic hydroxyl groups excluding tert-OH is 1. The van der Waals surface area contributed by atoms with Crippen molar-refractivity contribution in [2.45, 2.75) is 13.5 Å². The van der Waals surface area contributed by atoms with Crippen LogP contribution in [0.3, 0.4) is 0 Å². The van der Waals surface area contributed by atoms with Gasteiger partial charge in [0.05, 0.1) is 12.3 Å². The maximum Gasteiger partial charge on any atom is 0.263 e. The van der Waals surface area contributed by atoms with Gasteiger partial charge in [-0.1, -0.05) is 18.2 Å². The van der Waals surface area contributed by atoms with Crippen molar-refractivity contribution in [2.24, 2.45) is 7.05 Å². The number of aryl methyl sites for hydroxylation is 2. The number of anilines is 1. The van der Waals surface area contributed by atoms with Crippen LogP contribution in [0.1, 0.15) is 11.3 Å². The lowest BCUT2D eigenvalue weighted by Gasteiger charge is -2.10. The smallest absolute Gasteiger partial charge is 0.263 e. The van der Waals surface area contributed by atoms with E-state index in [-0.39, 0.29) is 19.1 Å². The van der Waals surface area contributed by atoms with E-state index >= 15 is 0 Å². The zero-order valence-corrected chi connectivity index (χ0v) is 11.5. The number of amides is 1. The fourth-order valence-electron chi connectivity index (χ4n) is 1.83. The number of carbonyl (C=O) groups is 1. The molecule has 0 bridgehead atoms. The first-order chi connectivity index (χ1) is 9.60. The maximum atomic E-state index is 11.8. The van der Waals surface area contributed by atoms with Gasteiger partial charge in [0.15, 0.2) is 6.61 Å². The largest absolute Gasteiger partial charge is 0.483 e. The highest BCUT2D eigenvalue weighted by Gasteiger charge is 2.09. The van der Waals surface area contributed by atoms with Crippen LogP contribution < -0.4 is 10.1 Å². The average Bonchev–Trinajstić information content (AvgIpc) is 2.75. The van der Waals surface area contributed by atoms with Crippen LogP contribution in [0.15, 0.2) is 30.3 Å². The molecule has 20 heavy (non-hydrogen) atoms. The summed E-state index contributed by atoms with van der Waals surface area (Å²) < 4.78 is 7.00. The van der Waals surface area contributed by atoms with E-state index in [4.69, 9.17) is 9.84 Å². The molecular weight excluding hydrogens is 258 g/mol. The van der Waals surface area contributed by atoms with E-state index in [2.05, 4.69) is 10.4 Å². The third-order valence-corrected chi connectivity index (χ3v) is 2.77. The van der Waals surface area contributed by atoms with Crippen molar-refractivity contribution >= 4 is 11.7 Å². The quantitative estimate of drug-likeness (QED) is 0.860. The molecule has 0 spiro atoms. The molecule has 2 N–H and O–H groups in total. The molecule has 2 rings (SSSR count). The lowest BCUT2D eigenvalue weighted by molar-refractivity contribution is -0.118. The molecule has 0 radical (unpaired) electrons. The Hall–Kier alpha value is -2.34. The molecule has 0 fully saturated rings. The van der Waals surface area contributed by atoms with E-state index in [1.54, 1.807) is 42.1 Å². The lowest BCUT2D eigenvalue weighted by atomic mass is 10.2. The molecule has 1 heterocycles. The summed E-state index contributed by atoms with van der Waals surface area (Å²) in [6.07, 6.45) is 0. The Bertz CT molecular complexity index is 607. The van der Waals surface area contributed by atoms with Crippen molar-refractivity contribution < 1.29 is 14.6 Å². The summed E-state index contributed by atoms with van der Waals surface area (Å²) in [6, 6.07) is 8.83. The number of benzene rings is 1. The molecule has 1 amide bonds. The van der Waals surface area contributed by atoms with Gasteiger partial charge >= 0.3 is 0 Å². The molecule has 0 unspecified atom stereocenters. The second-order valence-corrected chi connectivity index (χ2v) is 4.40. The highest BCUT2D eigenvalue weighted by Crippen LogP contribution is 2.17. The molecular formula is C14H17N3O3. The number of ether oxygens (including phenoxy) is 1. The minimum absolute atomic E-state index is 0.124. The van der Waals surface area contributed by atoms with Crippen LogP contribution in [-0.2, 0) is 18.4 Å². The first-order valence-corrected chi connectivity index (χ1v) is 6.22. The minimum atomic E-state index is -0.277. The average molecular weight is 275 g/mol. The van der Waals surface area contributed by atoms with E-state index < -0.39 is 0 Å². The van der Waals surface area contributed by atoms with E-state index in [9.17, 15) is 4.79 Å². The SMILES string of the molecule is Cc1cc(NC(=O)COc2ccccc2CO)n(C)n1. The van der Waals surface area contributed by atoms with E-state index in [1.807, 2.05) is 6.92 Å². The van der Waals surface area contributed by atoms with Crippen LogP contribution in [0.25, 0.3) is 0 Å². The van der Waals surface area contributed by atoms with Crippen molar-refractivity contribution in [3.05, 3.63) is 41.6 Å². The third kappa shape index (κ3) is 3.36. The molecule has 0 aliphatic rings. The van der Waals surface area contributed by atoms with Crippen molar-refractivity contribution in [2.75, 3.05) is 11.9 Å². The zero-order chi connectivity index (χ0) is 14.5. The van der Waals surface area contributed by atoms with Crippen LogP contribution in [-0.4, -0.2) is 27.4 Å². The molecule has 0 saturated carbocycles. The van der Waals surface area contributed by atoms with Gasteiger partial charge in [0, 0.05) is 18.7 Å². The van der Waals surface area contributed by atoms with Crippen molar-refractivity contribution in [1.82, 2.24) is 9.78 Å². The van der Waals surface area contributed by atoms with Gasteiger partial charge in [0.25, 0.3) is 5.91 Å². The standard InChI is InChI=1S/C14H17N3O3/c1-10-7-13(17(2)16-10)15-14(19)9-20-12-6-4-3-5-11(12)8-18/h3-7,18H,8-9H2,1-2H3,(H,15,19). The summed E-state index contributed by atoms with van der Waals surface area (Å²) in [5.41, 5.74) is 1.48. The Morgan fingerprint density at radius 1 is 1.45 bits per heavy atom. The monoisotopic (exact) mass is 275 g/mol. The summed E-state index contributed by atoms with van der Waals surface area (Å²) in [6.45, 7) is 1.60. The number of hydrogen-bond acceptors (Lipinski definition) is 4. The van der Waals surface area contributed by atoms with Crippen molar-refractivity contribution in [3.8, 4) is 5.75 Å². The third-order valence-electron chi connectivity index (χ3n) is 2.77. The maximum absolute atomic E-state index is 11.8. The van der Waals surface area contributed by atoms with Gasteiger partial charge in [-0.2, -0.15) is 5.10 Å². The second kappa shape index (κ2) is 6.21. The normalized spacial score (nSPS) is 10.3. The van der Waals surface area contributed by atoms with Gasteiger partial charge in [-0.3, -0.25) is 9.48 Å². The van der Waals surface area contributed by atoms with Gasteiger partial charge in [0.2, 0.25) is 0 Å². The summed E-state index contributed by atoms with van der Waals surface area (Å²) in [7, 11) is 1.75. The fourth-order valence-corrected chi connectivity index (χ4v) is 1.83. The minimum Gasteiger partial charge on any atom is -0.483 e. The molecule has 1 aromatic heterocycles. The fraction of sp³-hybridized carbons (Fsp3) is 0.286. The van der Waals surface area contributed by atoms with Crippen molar-refractivity contribution in [1.29, 1.82) is 0 Å². The van der Waals surface area contributed by atoms with Crippen LogP contribution in [0.5, 0.6) is 5.75 Å². The number of rotatable bonds is 5. The zero-order valence-electron chi connectivity index (χ0n) is 11.5. The number of nitrogens with one attached hydrogen (secondary N) is 1. The molecule has 0 aliphatic carbocycles. The van der Waals surface area contributed by atoms with Gasteiger partial charge in [-0.05, 0) is 13.0 Å². The molecule has 0 saturated heterocycles. The highest BCUT2D eigenvalue weighted by atomic mass is 16.5. The molecule has 6 nitrogen and oxygen atoms in total. The number of carbonyl (C=O) groups excluding carboxylic acids is 1. The Kier molecular flexibility index (Phi) is 4.37. The van der Waals surface area contributed by atoms with E-state index in [1.165, 1.54) is 0 Å². The number of aliphatic hydroxyl groups is 1. The summed E-state index contributed by atoms with van der Waals surface area (Å²) in [5, 5.41) is 16.0. The Labute approximate surface area is 117 Å². The summed E-state index contributed by atoms with van der Waals surface area (Å²) in [4.78, 5) is 11.8. The van der Waals surface area contributed by atoms with Gasteiger partial charge in [-0.25, -0.2) is 0 Å². The highest BCUT2D eigenvalue weighted by molar-refractivity contribution is 5.91. The summed E-state index contributed by atoms with van der Waals surface area (Å²) >= 11 is 0. The topological polar surface area (TPSA) is 76.4 Å². The molecule has 0 aliphatic heterocycles. The van der Waals surface area contributed by atoms with Crippen LogP contribution >= 0.6 is 0 Å². The first-order valence-electron chi connectivity index (χ1n) is 6.22. The van der Waals surface area contributed by atoms with Crippen LogP contribution in [0, 0.1) is 6.92 Å². The Morgan fingerprint density at radius 3 is 2.85 bits per heavy atom. The predicted octanol–water partition coefficient (Wildman–Crippen LogP) is 1.24. The van der Waals surface area contributed by atoms with Crippen LogP contribution in [0.2, 0.25) is 0 Å². The summed E-state index contributed by atoms with van der Waals surface area (Å²) in [5.74, 6) is 0.846. The van der Waals surface area contributed by atoms with Gasteiger partial charge in [-0.15, -0.1) is 0 Å². The van der Waals surface area contributed by atoms with Gasteiger partial charge in [0.1, 0.15) is 11.6 Å². The second-order valence-electron chi connectivity index (χ2n) is 4.40. The predicted molar refractivity (Wildman–Crippen MR) is 74.4 cm³/mol. The Morgan fingerprint density at radius 2 is 2.20 bits per heavy atom. The van der Waals surface area contributed by atoms with Crippen molar-refractivity contribution in [3.63, 3.8) is 0 Å². The Balaban J connectivity index is 1.94. The first kappa shape index (κ1) is 14.1. The van der Waals surface area contributed by atoms with E-state index in [0.29, 0.717) is 17.1 Å². The number of nitrogens with zero attached hydrogens (tertiary/aromatic N) is 2. The van der Waals surface area contributed by atoms with Crippen LogP contribution in [0.4, 0.5) is 5.82 Å². The number of hydrogen-bond donors (Lipinski definition) is 2.